The van der Waals surface area contributed by atoms with Crippen molar-refractivity contribution < 1.29 is 40.0 Å². The zero-order chi connectivity index (χ0) is 35.4. The molecule has 0 fully saturated rings. The molecule has 3 heterocycles. The van der Waals surface area contributed by atoms with Crippen LogP contribution in [0.3, 0.4) is 0 Å². The number of benzene rings is 3. The number of aliphatic carboxylic acids is 2. The monoisotopic (exact) mass is 660 g/mol. The Kier molecular flexibility index (Phi) is 10.3. The van der Waals surface area contributed by atoms with E-state index in [9.17, 15) is 29.9 Å². The number of hydrogen-bond donors (Lipinski definition) is 7. The Bertz CT molecular complexity index is 2150. The number of aromatic hydroxyl groups is 3. The van der Waals surface area contributed by atoms with E-state index in [4.69, 9.17) is 26.8 Å². The van der Waals surface area contributed by atoms with Gasteiger partial charge in [-0.15, -0.1) is 0 Å². The highest BCUT2D eigenvalue weighted by atomic mass is 16.6. The molecule has 0 aliphatic rings. The molecule has 2 atom stereocenters. The highest BCUT2D eigenvalue weighted by Crippen LogP contribution is 2.34. The number of aromatic nitrogens is 3. The van der Waals surface area contributed by atoms with Crippen LogP contribution >= 0.6 is 0 Å². The maximum atomic E-state index is 11.1. The minimum absolute atomic E-state index is 0.0295. The van der Waals surface area contributed by atoms with Crippen LogP contribution in [0.2, 0.25) is 0 Å². The van der Waals surface area contributed by atoms with Crippen molar-refractivity contribution in [3.05, 3.63) is 94.4 Å². The summed E-state index contributed by atoms with van der Waals surface area (Å²) in [6.07, 6.45) is 5.65. The summed E-state index contributed by atoms with van der Waals surface area (Å²) in [5.74, 6) is -1.91. The summed E-state index contributed by atoms with van der Waals surface area (Å²) >= 11 is 0. The number of phenols is 3. The molecule has 0 bridgehead atoms. The van der Waals surface area contributed by atoms with Crippen LogP contribution < -0.4 is 11.5 Å². The van der Waals surface area contributed by atoms with Gasteiger partial charge in [-0.3, -0.25) is 19.7 Å². The predicted octanol–water partition coefficient (Wildman–Crippen LogP) is 3.47. The fraction of sp³-hybridized carbons (Fsp3) is 0.212. The second-order valence-corrected chi connectivity index (χ2v) is 11.3. The molecule has 3 aromatic carbocycles. The zero-order valence-electron chi connectivity index (χ0n) is 26.3. The van der Waals surface area contributed by atoms with Crippen molar-refractivity contribution in [3.8, 4) is 17.2 Å². The number of carboxylic acids is 2. The van der Waals surface area contributed by atoms with Crippen LogP contribution in [0.5, 0.6) is 17.2 Å². The van der Waals surface area contributed by atoms with Gasteiger partial charge in [0.05, 0.1) is 32.9 Å². The van der Waals surface area contributed by atoms with Crippen molar-refractivity contribution in [1.29, 1.82) is 0 Å². The lowest BCUT2D eigenvalue weighted by Gasteiger charge is -2.05. The third-order valence-corrected chi connectivity index (χ3v) is 7.77. The third-order valence-electron chi connectivity index (χ3n) is 7.77. The zero-order valence-corrected chi connectivity index (χ0v) is 26.3. The fourth-order valence-corrected chi connectivity index (χ4v) is 5.39. The molecule has 48 heavy (non-hydrogen) atoms. The van der Waals surface area contributed by atoms with Gasteiger partial charge in [-0.05, 0) is 46.8 Å². The third kappa shape index (κ3) is 7.66. The highest BCUT2D eigenvalue weighted by molar-refractivity contribution is 5.94. The van der Waals surface area contributed by atoms with Gasteiger partial charge in [0, 0.05) is 76.2 Å². The maximum absolute atomic E-state index is 11.1. The molecule has 0 aliphatic carbocycles. The van der Waals surface area contributed by atoms with Crippen molar-refractivity contribution >= 4 is 50.3 Å². The van der Waals surface area contributed by atoms with E-state index in [1.807, 2.05) is 47.8 Å². The van der Waals surface area contributed by atoms with Crippen LogP contribution in [-0.2, 0) is 43.6 Å². The van der Waals surface area contributed by atoms with E-state index in [0.29, 0.717) is 22.2 Å². The van der Waals surface area contributed by atoms with Crippen molar-refractivity contribution in [2.75, 3.05) is 0 Å². The number of carboxylic acid groups (broad SMARTS) is 2. The number of aryl methyl sites for hydroxylation is 3. The van der Waals surface area contributed by atoms with E-state index in [1.165, 1.54) is 6.07 Å². The molecule has 252 valence electrons. The normalized spacial score (nSPS) is 12.2. The summed E-state index contributed by atoms with van der Waals surface area (Å²) in [6, 6.07) is 12.8. The average Bonchev–Trinajstić information content (AvgIpc) is 3.65. The van der Waals surface area contributed by atoms with Gasteiger partial charge < -0.3 is 50.7 Å². The SMILES string of the molecule is Cn1cc(CC(N)C(=O)O)c2c([N+](=O)[O-])cc(O)cc21.Cn1cc(CC(N)C(=O)O)c2ccc(O)cc21.Cn1ccc2ccc(O)cc21. The Morgan fingerprint density at radius 1 is 0.729 bits per heavy atom. The van der Waals surface area contributed by atoms with E-state index in [2.05, 4.69) is 0 Å². The smallest absolute Gasteiger partial charge is 0.320 e. The van der Waals surface area contributed by atoms with E-state index in [0.717, 1.165) is 33.4 Å². The topological polar surface area (TPSA) is 245 Å². The summed E-state index contributed by atoms with van der Waals surface area (Å²) in [7, 11) is 5.46. The molecule has 6 rings (SSSR count). The van der Waals surface area contributed by atoms with Gasteiger partial charge >= 0.3 is 11.9 Å². The largest absolute Gasteiger partial charge is 0.508 e. The van der Waals surface area contributed by atoms with Crippen molar-refractivity contribution in [2.24, 2.45) is 32.6 Å². The molecular formula is C33H36N6O9. The number of fused-ring (bicyclic) bond motifs is 3. The van der Waals surface area contributed by atoms with Crippen LogP contribution in [0.1, 0.15) is 11.1 Å². The van der Waals surface area contributed by atoms with Crippen molar-refractivity contribution in [3.63, 3.8) is 0 Å². The van der Waals surface area contributed by atoms with Crippen LogP contribution in [0.15, 0.2) is 73.2 Å². The Morgan fingerprint density at radius 3 is 1.85 bits per heavy atom. The maximum Gasteiger partial charge on any atom is 0.320 e. The van der Waals surface area contributed by atoms with E-state index in [1.54, 1.807) is 48.1 Å². The molecule has 0 spiro atoms. The minimum Gasteiger partial charge on any atom is -0.508 e. The predicted molar refractivity (Wildman–Crippen MR) is 179 cm³/mol. The number of rotatable bonds is 7. The molecule has 2 unspecified atom stereocenters. The van der Waals surface area contributed by atoms with Crippen molar-refractivity contribution in [1.82, 2.24) is 13.7 Å². The summed E-state index contributed by atoms with van der Waals surface area (Å²) in [6.45, 7) is 0. The van der Waals surface area contributed by atoms with Gasteiger partial charge in [-0.2, -0.15) is 0 Å². The summed E-state index contributed by atoms with van der Waals surface area (Å²) in [5.41, 5.74) is 14.4. The number of non-ortho nitro benzene ring substituents is 1. The molecule has 3 aromatic heterocycles. The lowest BCUT2D eigenvalue weighted by atomic mass is 10.0. The molecule has 0 saturated heterocycles. The Labute approximate surface area is 273 Å². The molecule has 0 radical (unpaired) electrons. The van der Waals surface area contributed by atoms with Crippen LogP contribution in [0.4, 0.5) is 5.69 Å². The van der Waals surface area contributed by atoms with Crippen LogP contribution in [0, 0.1) is 10.1 Å². The summed E-state index contributed by atoms with van der Waals surface area (Å²) in [5, 5.41) is 59.2. The first kappa shape index (κ1) is 34.8. The average molecular weight is 661 g/mol. The van der Waals surface area contributed by atoms with Crippen molar-refractivity contribution in [2.45, 2.75) is 24.9 Å². The first-order valence-corrected chi connectivity index (χ1v) is 14.5. The number of nitrogens with zero attached hydrogens (tertiary/aromatic N) is 4. The molecule has 15 nitrogen and oxygen atoms in total. The number of hydrogen-bond acceptors (Lipinski definition) is 9. The Hall–Kier alpha value is -6.06. The quantitative estimate of drug-likeness (QED) is 0.0965. The van der Waals surface area contributed by atoms with Gasteiger partial charge in [0.25, 0.3) is 5.69 Å². The second kappa shape index (κ2) is 14.1. The fourth-order valence-electron chi connectivity index (χ4n) is 5.39. The van der Waals surface area contributed by atoms with Crippen LogP contribution in [0.25, 0.3) is 32.7 Å². The van der Waals surface area contributed by atoms with E-state index in [-0.39, 0.29) is 30.0 Å². The standard InChI is InChI=1S/C12H13N3O5.C12H14N2O3.C9H9NO/c1-14-5-6(2-8(13)12(17)18)11-9(14)3-7(16)4-10(11)15(19)20;1-14-6-7(4-10(13)12(16)17)9-3-2-8(15)5-11(9)14;1-10-5-4-7-2-3-8(11)6-9(7)10/h3-5,8,16H,2,13H2,1H3,(H,17,18);2-3,5-6,10,15H,4,13H2,1H3,(H,16,17);2-6,11H,1H3. The molecule has 0 saturated carbocycles. The first-order valence-electron chi connectivity index (χ1n) is 14.5. The number of phenolic OH excluding ortho intramolecular Hbond substituents is 3. The summed E-state index contributed by atoms with van der Waals surface area (Å²) < 4.78 is 5.42. The van der Waals surface area contributed by atoms with Gasteiger partial charge in [0.15, 0.2) is 0 Å². The number of nitro groups is 1. The molecular weight excluding hydrogens is 624 g/mol. The lowest BCUT2D eigenvalue weighted by molar-refractivity contribution is -0.383. The molecule has 15 heteroatoms. The molecule has 0 aliphatic heterocycles. The highest BCUT2D eigenvalue weighted by Gasteiger charge is 2.23. The van der Waals surface area contributed by atoms with Gasteiger partial charge in [0.2, 0.25) is 0 Å². The molecule has 0 amide bonds. The lowest BCUT2D eigenvalue weighted by Crippen LogP contribution is -2.32. The van der Waals surface area contributed by atoms with Gasteiger partial charge in [-0.1, -0.05) is 0 Å². The van der Waals surface area contributed by atoms with E-state index >= 15 is 0 Å². The van der Waals surface area contributed by atoms with Gasteiger partial charge in [0.1, 0.15) is 29.3 Å². The minimum atomic E-state index is -1.18. The Morgan fingerprint density at radius 2 is 1.25 bits per heavy atom. The second-order valence-electron chi connectivity index (χ2n) is 11.3. The van der Waals surface area contributed by atoms with Crippen LogP contribution in [-0.4, -0.2) is 68.2 Å². The van der Waals surface area contributed by atoms with E-state index < -0.39 is 28.9 Å². The van der Waals surface area contributed by atoms with Gasteiger partial charge in [-0.25, -0.2) is 0 Å². The number of nitro benzene ring substituents is 1. The Balaban J connectivity index is 0.000000169. The summed E-state index contributed by atoms with van der Waals surface area (Å²) in [4.78, 5) is 32.0. The first-order chi connectivity index (χ1) is 22.6. The number of carbonyl (C=O) groups is 2. The molecule has 6 aromatic rings. The molecule has 9 N–H and O–H groups in total. The number of nitrogens with two attached hydrogens (primary N) is 2.